The van der Waals surface area contributed by atoms with Crippen molar-refractivity contribution in [3.63, 3.8) is 0 Å². The number of hydrogen-bond donors (Lipinski definition) is 2. The Bertz CT molecular complexity index is 166. The molecule has 3 nitrogen and oxygen atoms in total. The summed E-state index contributed by atoms with van der Waals surface area (Å²) in [6, 6.07) is 0. The molecule has 0 bridgehead atoms. The minimum absolute atomic E-state index is 0.304. The number of nitrogens with one attached hydrogen (secondary N) is 1. The zero-order valence-electron chi connectivity index (χ0n) is 8.98. The fraction of sp³-hybridized carbons (Fsp3) is 0.900. The largest absolute Gasteiger partial charge is 0.354 e. The van der Waals surface area contributed by atoms with E-state index in [0.29, 0.717) is 6.54 Å². The van der Waals surface area contributed by atoms with Crippen LogP contribution in [0.2, 0.25) is 0 Å². The fourth-order valence-corrected chi connectivity index (χ4v) is 1.42. The van der Waals surface area contributed by atoms with Crippen molar-refractivity contribution in [1.82, 2.24) is 5.32 Å². The molecule has 5 heteroatoms. The van der Waals surface area contributed by atoms with Crippen molar-refractivity contribution in [3.05, 3.63) is 0 Å². The summed E-state index contributed by atoms with van der Waals surface area (Å²) in [5.41, 5.74) is 5.38. The van der Waals surface area contributed by atoms with Gasteiger partial charge in [-0.3, -0.25) is 4.79 Å². The first kappa shape index (κ1) is 15.0. The van der Waals surface area contributed by atoms with Crippen molar-refractivity contribution in [1.29, 1.82) is 0 Å². The van der Waals surface area contributed by atoms with Crippen molar-refractivity contribution in [3.8, 4) is 0 Å². The highest BCUT2D eigenvalue weighted by atomic mass is 35.5. The highest BCUT2D eigenvalue weighted by Gasteiger charge is 2.09. The Kier molecular flexibility index (Phi) is 10.5. The van der Waals surface area contributed by atoms with Crippen LogP contribution >= 0.6 is 23.2 Å². The second-order valence-electron chi connectivity index (χ2n) is 3.50. The van der Waals surface area contributed by atoms with Gasteiger partial charge in [0.1, 0.15) is 0 Å². The first-order chi connectivity index (χ1) is 7.18. The lowest BCUT2D eigenvalue weighted by molar-refractivity contribution is -0.119. The summed E-state index contributed by atoms with van der Waals surface area (Å²) in [7, 11) is 0. The van der Waals surface area contributed by atoms with Gasteiger partial charge in [0.05, 0.1) is 0 Å². The van der Waals surface area contributed by atoms with Crippen molar-refractivity contribution in [2.75, 3.05) is 13.1 Å². The predicted octanol–water partition coefficient (Wildman–Crippen LogP) is 2.21. The molecule has 0 aliphatic carbocycles. The standard InChI is InChI=1S/C10H20Cl2N2O/c11-9(12)10(15)14-8-6-4-2-1-3-5-7-13/h9H,1-8,13H2,(H,14,15). The molecule has 0 heterocycles. The van der Waals surface area contributed by atoms with E-state index >= 15 is 0 Å². The van der Waals surface area contributed by atoms with Gasteiger partial charge in [0, 0.05) is 6.54 Å². The van der Waals surface area contributed by atoms with Crippen molar-refractivity contribution in [2.45, 2.75) is 43.4 Å². The van der Waals surface area contributed by atoms with Crippen LogP contribution in [0.15, 0.2) is 0 Å². The van der Waals surface area contributed by atoms with Gasteiger partial charge in [-0.2, -0.15) is 0 Å². The average molecular weight is 255 g/mol. The number of carbonyl (C=O) groups is 1. The zero-order chi connectivity index (χ0) is 11.5. The van der Waals surface area contributed by atoms with E-state index in [4.69, 9.17) is 28.9 Å². The van der Waals surface area contributed by atoms with Crippen LogP contribution < -0.4 is 11.1 Å². The maximum absolute atomic E-state index is 10.9. The smallest absolute Gasteiger partial charge is 0.253 e. The van der Waals surface area contributed by atoms with Crippen molar-refractivity contribution < 1.29 is 4.79 Å². The van der Waals surface area contributed by atoms with E-state index in [1.54, 1.807) is 0 Å². The molecular formula is C10H20Cl2N2O. The minimum Gasteiger partial charge on any atom is -0.354 e. The van der Waals surface area contributed by atoms with E-state index < -0.39 is 4.84 Å². The number of rotatable bonds is 9. The minimum atomic E-state index is -0.949. The van der Waals surface area contributed by atoms with Crippen molar-refractivity contribution >= 4 is 29.1 Å². The lowest BCUT2D eigenvalue weighted by Crippen LogP contribution is -2.29. The molecule has 0 saturated heterocycles. The molecular weight excluding hydrogens is 235 g/mol. The number of unbranched alkanes of at least 4 members (excludes halogenated alkanes) is 5. The van der Waals surface area contributed by atoms with E-state index in [0.717, 1.165) is 25.8 Å². The predicted molar refractivity (Wildman–Crippen MR) is 65.3 cm³/mol. The molecule has 1 amide bonds. The Hall–Kier alpha value is 0.01000. The van der Waals surface area contributed by atoms with Crippen LogP contribution in [0.1, 0.15) is 38.5 Å². The van der Waals surface area contributed by atoms with E-state index in [1.807, 2.05) is 0 Å². The summed E-state index contributed by atoms with van der Waals surface area (Å²) in [5, 5.41) is 2.66. The Morgan fingerprint density at radius 2 is 1.60 bits per heavy atom. The van der Waals surface area contributed by atoms with Crippen LogP contribution in [-0.4, -0.2) is 23.8 Å². The lowest BCUT2D eigenvalue weighted by atomic mass is 10.1. The third-order valence-electron chi connectivity index (χ3n) is 2.13. The second-order valence-corrected chi connectivity index (χ2v) is 4.60. The summed E-state index contributed by atoms with van der Waals surface area (Å²) in [6.07, 6.45) is 6.83. The van der Waals surface area contributed by atoms with E-state index in [-0.39, 0.29) is 5.91 Å². The summed E-state index contributed by atoms with van der Waals surface area (Å²) in [5.74, 6) is -0.304. The molecule has 0 spiro atoms. The first-order valence-electron chi connectivity index (χ1n) is 5.44. The topological polar surface area (TPSA) is 55.1 Å². The number of amides is 1. The SMILES string of the molecule is NCCCCCCCCNC(=O)C(Cl)Cl. The molecule has 15 heavy (non-hydrogen) atoms. The van der Waals surface area contributed by atoms with Crippen LogP contribution in [0.5, 0.6) is 0 Å². The molecule has 0 radical (unpaired) electrons. The van der Waals surface area contributed by atoms with Crippen molar-refractivity contribution in [2.24, 2.45) is 5.73 Å². The van der Waals surface area contributed by atoms with Gasteiger partial charge in [-0.05, 0) is 19.4 Å². The number of alkyl halides is 2. The Morgan fingerprint density at radius 1 is 1.07 bits per heavy atom. The lowest BCUT2D eigenvalue weighted by Gasteiger charge is -2.05. The third-order valence-corrected chi connectivity index (χ3v) is 2.52. The summed E-state index contributed by atoms with van der Waals surface area (Å²) >= 11 is 10.7. The molecule has 90 valence electrons. The maximum Gasteiger partial charge on any atom is 0.253 e. The van der Waals surface area contributed by atoms with E-state index in [2.05, 4.69) is 5.32 Å². The molecule has 0 atom stereocenters. The van der Waals surface area contributed by atoms with Crippen LogP contribution in [0.25, 0.3) is 0 Å². The van der Waals surface area contributed by atoms with Crippen LogP contribution in [0, 0.1) is 0 Å². The molecule has 0 aliphatic rings. The first-order valence-corrected chi connectivity index (χ1v) is 6.31. The van der Waals surface area contributed by atoms with Gasteiger partial charge in [-0.25, -0.2) is 0 Å². The highest BCUT2D eigenvalue weighted by molar-refractivity contribution is 6.53. The number of halogens is 2. The summed E-state index contributed by atoms with van der Waals surface area (Å²) in [6.45, 7) is 1.44. The third kappa shape index (κ3) is 10.3. The molecule has 0 aromatic rings. The average Bonchev–Trinajstić information content (AvgIpc) is 2.21. The quantitative estimate of drug-likeness (QED) is 0.490. The van der Waals surface area contributed by atoms with Gasteiger partial charge in [0.25, 0.3) is 5.91 Å². The Morgan fingerprint density at radius 3 is 2.13 bits per heavy atom. The molecule has 0 fully saturated rings. The Balaban J connectivity index is 3.08. The molecule has 0 aromatic carbocycles. The molecule has 3 N–H and O–H groups in total. The fourth-order valence-electron chi connectivity index (χ4n) is 1.27. The normalized spacial score (nSPS) is 10.7. The zero-order valence-corrected chi connectivity index (χ0v) is 10.5. The van der Waals surface area contributed by atoms with Gasteiger partial charge in [-0.15, -0.1) is 0 Å². The molecule has 0 saturated carbocycles. The van der Waals surface area contributed by atoms with Gasteiger partial charge < -0.3 is 11.1 Å². The summed E-state index contributed by atoms with van der Waals surface area (Å²) < 4.78 is 0. The number of carbonyl (C=O) groups excluding carboxylic acids is 1. The van der Waals surface area contributed by atoms with E-state index in [1.165, 1.54) is 19.3 Å². The number of hydrogen-bond acceptors (Lipinski definition) is 2. The van der Waals surface area contributed by atoms with Crippen LogP contribution in [-0.2, 0) is 4.79 Å². The van der Waals surface area contributed by atoms with Gasteiger partial charge in [0.2, 0.25) is 0 Å². The van der Waals surface area contributed by atoms with Crippen LogP contribution in [0.4, 0.5) is 0 Å². The Labute approximate surface area is 102 Å². The molecule has 0 unspecified atom stereocenters. The maximum atomic E-state index is 10.9. The van der Waals surface area contributed by atoms with Crippen LogP contribution in [0.3, 0.4) is 0 Å². The molecule has 0 aromatic heterocycles. The summed E-state index contributed by atoms with van der Waals surface area (Å²) in [4.78, 5) is 9.98. The second kappa shape index (κ2) is 10.5. The van der Waals surface area contributed by atoms with Gasteiger partial charge in [0.15, 0.2) is 4.84 Å². The number of nitrogens with two attached hydrogens (primary N) is 1. The van der Waals surface area contributed by atoms with Gasteiger partial charge in [-0.1, -0.05) is 48.9 Å². The molecule has 0 rings (SSSR count). The molecule has 0 aliphatic heterocycles. The highest BCUT2D eigenvalue weighted by Crippen LogP contribution is 2.04. The van der Waals surface area contributed by atoms with Gasteiger partial charge >= 0.3 is 0 Å². The monoisotopic (exact) mass is 254 g/mol. The van der Waals surface area contributed by atoms with E-state index in [9.17, 15) is 4.79 Å².